The van der Waals surface area contributed by atoms with Gasteiger partial charge in [0.1, 0.15) is 10.6 Å². The fourth-order valence-electron chi connectivity index (χ4n) is 5.34. The Morgan fingerprint density at radius 3 is 2.69 bits per heavy atom. The Hall–Kier alpha value is -2.47. The molecule has 5 rings (SSSR count). The van der Waals surface area contributed by atoms with Gasteiger partial charge in [0, 0.05) is 30.7 Å². The number of carbonyl (C=O) groups excluding carboxylic acids is 1. The molecule has 168 valence electrons. The molecular formula is C26H30FN3OS. The lowest BCUT2D eigenvalue weighted by Gasteiger charge is -2.34. The first-order valence-corrected chi connectivity index (χ1v) is 12.4. The van der Waals surface area contributed by atoms with E-state index in [1.165, 1.54) is 30.6 Å². The van der Waals surface area contributed by atoms with Crippen molar-refractivity contribution in [2.24, 2.45) is 11.8 Å². The summed E-state index contributed by atoms with van der Waals surface area (Å²) in [6.45, 7) is 8.36. The first-order valence-electron chi connectivity index (χ1n) is 11.6. The van der Waals surface area contributed by atoms with Crippen LogP contribution in [0.5, 0.6) is 0 Å². The molecule has 3 heterocycles. The number of halogens is 1. The van der Waals surface area contributed by atoms with Crippen molar-refractivity contribution in [3.63, 3.8) is 0 Å². The van der Waals surface area contributed by atoms with E-state index in [9.17, 15) is 4.79 Å². The second-order valence-corrected chi connectivity index (χ2v) is 10.6. The quantitative estimate of drug-likeness (QED) is 0.531. The van der Waals surface area contributed by atoms with Gasteiger partial charge in [0.2, 0.25) is 0 Å². The minimum Gasteiger partial charge on any atom is -0.369 e. The number of nitrogens with zero attached hydrogens (tertiary/aromatic N) is 2. The number of aromatic nitrogens is 1. The first-order chi connectivity index (χ1) is 15.4. The molecule has 6 heteroatoms. The zero-order valence-corrected chi connectivity index (χ0v) is 19.8. The average Bonchev–Trinajstić information content (AvgIpc) is 3.29. The molecule has 1 saturated heterocycles. The highest BCUT2D eigenvalue weighted by atomic mass is 32.1. The van der Waals surface area contributed by atoms with Gasteiger partial charge >= 0.3 is 0 Å². The molecule has 1 N–H and O–H groups in total. The van der Waals surface area contributed by atoms with Crippen molar-refractivity contribution in [3.05, 3.63) is 57.8 Å². The molecule has 1 aromatic carbocycles. The number of rotatable bonds is 5. The maximum Gasteiger partial charge on any atom is 0.261 e. The summed E-state index contributed by atoms with van der Waals surface area (Å²) in [5.41, 5.74) is 3.55. The maximum atomic E-state index is 15.0. The minimum absolute atomic E-state index is 0.0232. The van der Waals surface area contributed by atoms with Crippen molar-refractivity contribution in [2.45, 2.75) is 46.0 Å². The summed E-state index contributed by atoms with van der Waals surface area (Å²) in [7, 11) is 0. The molecular weight excluding hydrogens is 421 g/mol. The number of hydrogen-bond donors (Lipinski definition) is 1. The Labute approximate surface area is 192 Å². The number of benzene rings is 1. The Kier molecular flexibility index (Phi) is 5.66. The normalized spacial score (nSPS) is 21.2. The van der Waals surface area contributed by atoms with Crippen LogP contribution in [0.3, 0.4) is 0 Å². The summed E-state index contributed by atoms with van der Waals surface area (Å²) in [5.74, 6) is 1.23. The van der Waals surface area contributed by atoms with Gasteiger partial charge in [0.25, 0.3) is 5.91 Å². The summed E-state index contributed by atoms with van der Waals surface area (Å²) in [5, 5.41) is 4.07. The lowest BCUT2D eigenvalue weighted by molar-refractivity contribution is 0.0955. The van der Waals surface area contributed by atoms with E-state index in [-0.39, 0.29) is 17.6 Å². The largest absolute Gasteiger partial charge is 0.369 e. The lowest BCUT2D eigenvalue weighted by Crippen LogP contribution is -2.36. The van der Waals surface area contributed by atoms with Crippen molar-refractivity contribution in [1.82, 2.24) is 10.3 Å². The van der Waals surface area contributed by atoms with Crippen LogP contribution in [0, 0.1) is 31.5 Å². The van der Waals surface area contributed by atoms with E-state index in [0.29, 0.717) is 11.4 Å². The van der Waals surface area contributed by atoms with Gasteiger partial charge in [-0.1, -0.05) is 13.0 Å². The third kappa shape index (κ3) is 4.01. The Bertz CT molecular complexity index is 1160. The molecule has 4 nitrogen and oxygen atoms in total. The predicted octanol–water partition coefficient (Wildman–Crippen LogP) is 5.82. The maximum absolute atomic E-state index is 15.0. The van der Waals surface area contributed by atoms with Gasteiger partial charge in [-0.3, -0.25) is 4.79 Å². The standard InChI is InChI=1S/C26H30FN3OS/c1-15(12-28-25(31)24-17(3)21-8-4-16(2)29-26(21)32-24)20-7-9-23(22(27)11-20)30-13-18-5-6-19(10-18)14-30/h4,7-9,11,15,18-19H,5-6,10,12-14H2,1-3H3,(H,28,31)/t15-,18?,19?/m1/s1. The number of carbonyl (C=O) groups is 1. The number of hydrogen-bond acceptors (Lipinski definition) is 4. The summed E-state index contributed by atoms with van der Waals surface area (Å²) in [6.07, 6.45) is 3.88. The number of pyridine rings is 1. The van der Waals surface area contributed by atoms with Crippen LogP contribution >= 0.6 is 11.3 Å². The van der Waals surface area contributed by atoms with Crippen LogP contribution < -0.4 is 10.2 Å². The Balaban J connectivity index is 1.25. The molecule has 1 aliphatic carbocycles. The van der Waals surface area contributed by atoms with Crippen molar-refractivity contribution >= 4 is 33.1 Å². The van der Waals surface area contributed by atoms with E-state index < -0.39 is 0 Å². The van der Waals surface area contributed by atoms with Gasteiger partial charge < -0.3 is 10.2 Å². The van der Waals surface area contributed by atoms with E-state index in [1.54, 1.807) is 6.07 Å². The molecule has 2 unspecified atom stereocenters. The molecule has 2 aliphatic rings. The Morgan fingerprint density at radius 2 is 1.97 bits per heavy atom. The zero-order valence-electron chi connectivity index (χ0n) is 19.0. The molecule has 0 radical (unpaired) electrons. The van der Waals surface area contributed by atoms with Crippen LogP contribution in [-0.2, 0) is 0 Å². The minimum atomic E-state index is -0.149. The van der Waals surface area contributed by atoms with Gasteiger partial charge in [0.15, 0.2) is 0 Å². The molecule has 1 aliphatic heterocycles. The van der Waals surface area contributed by atoms with E-state index in [4.69, 9.17) is 0 Å². The molecule has 2 fully saturated rings. The molecule has 3 atom stereocenters. The fraction of sp³-hybridized carbons (Fsp3) is 0.462. The van der Waals surface area contributed by atoms with Crippen LogP contribution in [0.4, 0.5) is 10.1 Å². The van der Waals surface area contributed by atoms with Crippen molar-refractivity contribution < 1.29 is 9.18 Å². The molecule has 1 amide bonds. The van der Waals surface area contributed by atoms with Crippen molar-refractivity contribution in [2.75, 3.05) is 24.5 Å². The second-order valence-electron chi connectivity index (χ2n) is 9.63. The highest BCUT2D eigenvalue weighted by molar-refractivity contribution is 7.20. The topological polar surface area (TPSA) is 45.2 Å². The number of fused-ring (bicyclic) bond motifs is 3. The smallest absolute Gasteiger partial charge is 0.261 e. The molecule has 2 bridgehead atoms. The first kappa shape index (κ1) is 21.4. The van der Waals surface area contributed by atoms with E-state index in [0.717, 1.165) is 57.7 Å². The number of thiophene rings is 1. The number of nitrogens with one attached hydrogen (secondary N) is 1. The highest BCUT2D eigenvalue weighted by Gasteiger charge is 2.33. The van der Waals surface area contributed by atoms with Crippen LogP contribution in [0.15, 0.2) is 30.3 Å². The third-order valence-corrected chi connectivity index (χ3v) is 8.41. The zero-order chi connectivity index (χ0) is 22.4. The second kappa shape index (κ2) is 8.47. The van der Waals surface area contributed by atoms with Crippen LogP contribution in [-0.4, -0.2) is 30.5 Å². The third-order valence-electron chi connectivity index (χ3n) is 7.21. The van der Waals surface area contributed by atoms with Crippen molar-refractivity contribution in [1.29, 1.82) is 0 Å². The van der Waals surface area contributed by atoms with Crippen LogP contribution in [0.25, 0.3) is 10.2 Å². The number of piperidine rings is 1. The predicted molar refractivity (Wildman–Crippen MR) is 129 cm³/mol. The molecule has 3 aromatic rings. The van der Waals surface area contributed by atoms with Gasteiger partial charge in [-0.15, -0.1) is 11.3 Å². The molecule has 32 heavy (non-hydrogen) atoms. The summed E-state index contributed by atoms with van der Waals surface area (Å²) in [6, 6.07) is 9.60. The number of amides is 1. The number of aryl methyl sites for hydroxylation is 2. The van der Waals surface area contributed by atoms with Gasteiger partial charge in [-0.25, -0.2) is 9.37 Å². The van der Waals surface area contributed by atoms with Crippen molar-refractivity contribution in [3.8, 4) is 0 Å². The van der Waals surface area contributed by atoms with Gasteiger partial charge in [0.05, 0.1) is 10.6 Å². The van der Waals surface area contributed by atoms with E-state index in [2.05, 4.69) is 15.2 Å². The van der Waals surface area contributed by atoms with E-state index >= 15 is 4.39 Å². The molecule has 0 spiro atoms. The average molecular weight is 452 g/mol. The highest BCUT2D eigenvalue weighted by Crippen LogP contribution is 2.39. The molecule has 2 aromatic heterocycles. The summed E-state index contributed by atoms with van der Waals surface area (Å²) >= 11 is 1.43. The monoisotopic (exact) mass is 451 g/mol. The van der Waals surface area contributed by atoms with Crippen LogP contribution in [0.1, 0.15) is 58.6 Å². The lowest BCUT2D eigenvalue weighted by atomic mass is 9.96. The van der Waals surface area contributed by atoms with Gasteiger partial charge in [-0.05, 0) is 86.3 Å². The summed E-state index contributed by atoms with van der Waals surface area (Å²) < 4.78 is 15.0. The fourth-order valence-corrected chi connectivity index (χ4v) is 6.49. The summed E-state index contributed by atoms with van der Waals surface area (Å²) in [4.78, 5) is 21.2. The van der Waals surface area contributed by atoms with Crippen LogP contribution in [0.2, 0.25) is 0 Å². The number of anilines is 1. The molecule has 1 saturated carbocycles. The van der Waals surface area contributed by atoms with Gasteiger partial charge in [-0.2, -0.15) is 0 Å². The Morgan fingerprint density at radius 1 is 1.22 bits per heavy atom. The van der Waals surface area contributed by atoms with E-state index in [1.807, 2.05) is 45.0 Å². The SMILES string of the molecule is Cc1ccc2c(C)c(C(=O)NC[C@@H](C)c3ccc(N4CC5CCC(C5)C4)c(F)c3)sc2n1.